The van der Waals surface area contributed by atoms with E-state index in [0.717, 1.165) is 27.8 Å². The number of halogens is 1. The van der Waals surface area contributed by atoms with Crippen molar-refractivity contribution in [1.82, 2.24) is 14.8 Å². The zero-order chi connectivity index (χ0) is 12.4. The van der Waals surface area contributed by atoms with Gasteiger partial charge in [0, 0.05) is 30.5 Å². The Morgan fingerprint density at radius 1 is 1.41 bits per heavy atom. The summed E-state index contributed by atoms with van der Waals surface area (Å²) in [7, 11) is 0. The minimum Gasteiger partial charge on any atom is -0.398 e. The average Bonchev–Trinajstić information content (AvgIpc) is 2.64. The van der Waals surface area contributed by atoms with Crippen LogP contribution in [0.1, 0.15) is 31.1 Å². The van der Waals surface area contributed by atoms with E-state index in [2.05, 4.69) is 39.9 Å². The van der Waals surface area contributed by atoms with Crippen LogP contribution in [0.2, 0.25) is 0 Å². The van der Waals surface area contributed by atoms with Crippen LogP contribution < -0.4 is 5.73 Å². The molecule has 4 nitrogen and oxygen atoms in total. The van der Waals surface area contributed by atoms with E-state index >= 15 is 0 Å². The first-order valence-electron chi connectivity index (χ1n) is 5.50. The van der Waals surface area contributed by atoms with Gasteiger partial charge in [-0.05, 0) is 41.4 Å². The van der Waals surface area contributed by atoms with E-state index in [9.17, 15) is 0 Å². The number of aromatic nitrogens is 3. The molecule has 0 unspecified atom stereocenters. The average molecular weight is 295 g/mol. The molecular weight excluding hydrogens is 280 g/mol. The van der Waals surface area contributed by atoms with Crippen molar-refractivity contribution in [3.63, 3.8) is 0 Å². The van der Waals surface area contributed by atoms with Crippen LogP contribution >= 0.6 is 15.9 Å². The SMILES string of the molecule is CC(C)n1ncc(Br)c1Cc1cnccc1N. The third-order valence-corrected chi connectivity index (χ3v) is 3.30. The van der Waals surface area contributed by atoms with Crippen molar-refractivity contribution in [3.8, 4) is 0 Å². The highest BCUT2D eigenvalue weighted by Gasteiger charge is 2.13. The Morgan fingerprint density at radius 3 is 2.82 bits per heavy atom. The lowest BCUT2D eigenvalue weighted by atomic mass is 10.1. The van der Waals surface area contributed by atoms with Crippen molar-refractivity contribution in [2.75, 3.05) is 5.73 Å². The maximum atomic E-state index is 5.93. The summed E-state index contributed by atoms with van der Waals surface area (Å²) in [5.41, 5.74) is 8.84. The molecule has 90 valence electrons. The van der Waals surface area contributed by atoms with Gasteiger partial charge in [-0.3, -0.25) is 9.67 Å². The van der Waals surface area contributed by atoms with Gasteiger partial charge >= 0.3 is 0 Å². The first kappa shape index (κ1) is 12.1. The van der Waals surface area contributed by atoms with Crippen molar-refractivity contribution in [2.45, 2.75) is 26.3 Å². The molecule has 0 aliphatic carbocycles. The van der Waals surface area contributed by atoms with Crippen molar-refractivity contribution >= 4 is 21.6 Å². The van der Waals surface area contributed by atoms with Crippen molar-refractivity contribution in [1.29, 1.82) is 0 Å². The summed E-state index contributed by atoms with van der Waals surface area (Å²) >= 11 is 3.52. The predicted molar refractivity (Wildman–Crippen MR) is 71.8 cm³/mol. The largest absolute Gasteiger partial charge is 0.398 e. The van der Waals surface area contributed by atoms with Gasteiger partial charge in [0.25, 0.3) is 0 Å². The summed E-state index contributed by atoms with van der Waals surface area (Å²) in [5, 5.41) is 4.35. The number of pyridine rings is 1. The van der Waals surface area contributed by atoms with Crippen LogP contribution in [-0.4, -0.2) is 14.8 Å². The minimum atomic E-state index is 0.328. The number of hydrogen-bond acceptors (Lipinski definition) is 3. The molecule has 0 aromatic carbocycles. The highest BCUT2D eigenvalue weighted by atomic mass is 79.9. The molecule has 0 aliphatic heterocycles. The number of nitrogens with two attached hydrogens (primary N) is 1. The van der Waals surface area contributed by atoms with Gasteiger partial charge < -0.3 is 5.73 Å². The standard InChI is InChI=1S/C12H15BrN4/c1-8(2)17-12(10(13)7-16-17)5-9-6-15-4-3-11(9)14/h3-4,6-8H,5H2,1-2H3,(H2,14,15). The molecule has 2 aromatic rings. The molecule has 0 saturated heterocycles. The van der Waals surface area contributed by atoms with Crippen LogP contribution in [0.3, 0.4) is 0 Å². The van der Waals surface area contributed by atoms with Gasteiger partial charge in [-0.2, -0.15) is 5.10 Å². The molecule has 0 bridgehead atoms. The zero-order valence-corrected chi connectivity index (χ0v) is 11.5. The second-order valence-electron chi connectivity index (χ2n) is 4.23. The van der Waals surface area contributed by atoms with E-state index in [1.165, 1.54) is 0 Å². The molecular formula is C12H15BrN4. The molecule has 0 aliphatic rings. The van der Waals surface area contributed by atoms with Gasteiger partial charge in [-0.25, -0.2) is 0 Å². The maximum absolute atomic E-state index is 5.93. The van der Waals surface area contributed by atoms with E-state index in [0.29, 0.717) is 6.04 Å². The van der Waals surface area contributed by atoms with E-state index in [1.807, 2.05) is 16.9 Å². The van der Waals surface area contributed by atoms with Crippen molar-refractivity contribution in [2.24, 2.45) is 0 Å². The number of anilines is 1. The fourth-order valence-electron chi connectivity index (χ4n) is 1.74. The first-order valence-corrected chi connectivity index (χ1v) is 6.29. The van der Waals surface area contributed by atoms with Crippen LogP contribution in [0.25, 0.3) is 0 Å². The Balaban J connectivity index is 2.36. The van der Waals surface area contributed by atoms with Gasteiger partial charge in [-0.1, -0.05) is 0 Å². The molecule has 17 heavy (non-hydrogen) atoms. The second kappa shape index (κ2) is 4.87. The Bertz CT molecular complexity index is 519. The lowest BCUT2D eigenvalue weighted by molar-refractivity contribution is 0.513. The number of rotatable bonds is 3. The summed E-state index contributed by atoms with van der Waals surface area (Å²) in [5.74, 6) is 0. The predicted octanol–water partition coefficient (Wildman–Crippen LogP) is 2.79. The van der Waals surface area contributed by atoms with E-state index in [4.69, 9.17) is 5.73 Å². The molecule has 0 atom stereocenters. The van der Waals surface area contributed by atoms with E-state index in [1.54, 1.807) is 12.4 Å². The van der Waals surface area contributed by atoms with Crippen molar-refractivity contribution in [3.05, 3.63) is 40.4 Å². The van der Waals surface area contributed by atoms with E-state index < -0.39 is 0 Å². The molecule has 5 heteroatoms. The second-order valence-corrected chi connectivity index (χ2v) is 5.08. The summed E-state index contributed by atoms with van der Waals surface area (Å²) in [6.45, 7) is 4.21. The molecule has 0 amide bonds. The van der Waals surface area contributed by atoms with Gasteiger partial charge in [0.2, 0.25) is 0 Å². The highest BCUT2D eigenvalue weighted by Crippen LogP contribution is 2.24. The molecule has 2 N–H and O–H groups in total. The first-order chi connectivity index (χ1) is 8.09. The third-order valence-electron chi connectivity index (χ3n) is 2.64. The fraction of sp³-hybridized carbons (Fsp3) is 0.333. The summed E-state index contributed by atoms with van der Waals surface area (Å²) in [4.78, 5) is 4.11. The van der Waals surface area contributed by atoms with Crippen LogP contribution in [0, 0.1) is 0 Å². The zero-order valence-electron chi connectivity index (χ0n) is 9.89. The van der Waals surface area contributed by atoms with Gasteiger partial charge in [0.15, 0.2) is 0 Å². The molecule has 0 spiro atoms. The Morgan fingerprint density at radius 2 is 2.18 bits per heavy atom. The monoisotopic (exact) mass is 294 g/mol. The Hall–Kier alpha value is -1.36. The summed E-state index contributed by atoms with van der Waals surface area (Å²) in [6, 6.07) is 2.15. The Kier molecular flexibility index (Phi) is 3.47. The maximum Gasteiger partial charge on any atom is 0.0635 e. The quantitative estimate of drug-likeness (QED) is 0.947. The molecule has 2 aromatic heterocycles. The lowest BCUT2D eigenvalue weighted by Crippen LogP contribution is -2.09. The van der Waals surface area contributed by atoms with Gasteiger partial charge in [0.1, 0.15) is 0 Å². The Labute approximate surface area is 109 Å². The highest BCUT2D eigenvalue weighted by molar-refractivity contribution is 9.10. The molecule has 2 heterocycles. The molecule has 0 fully saturated rings. The van der Waals surface area contributed by atoms with Crippen LogP contribution in [0.4, 0.5) is 5.69 Å². The van der Waals surface area contributed by atoms with Gasteiger partial charge in [-0.15, -0.1) is 0 Å². The number of hydrogen-bond donors (Lipinski definition) is 1. The summed E-state index contributed by atoms with van der Waals surface area (Å²) in [6.07, 6.45) is 6.06. The molecule has 0 radical (unpaired) electrons. The number of nitrogen functional groups attached to an aromatic ring is 1. The smallest absolute Gasteiger partial charge is 0.0635 e. The topological polar surface area (TPSA) is 56.7 Å². The van der Waals surface area contributed by atoms with Crippen molar-refractivity contribution < 1.29 is 0 Å². The third kappa shape index (κ3) is 2.49. The van der Waals surface area contributed by atoms with Gasteiger partial charge in [0.05, 0.1) is 16.4 Å². The number of nitrogens with zero attached hydrogens (tertiary/aromatic N) is 3. The molecule has 0 saturated carbocycles. The van der Waals surface area contributed by atoms with Crippen LogP contribution in [-0.2, 0) is 6.42 Å². The summed E-state index contributed by atoms with van der Waals surface area (Å²) < 4.78 is 3.01. The van der Waals surface area contributed by atoms with Crippen LogP contribution in [0.15, 0.2) is 29.1 Å². The van der Waals surface area contributed by atoms with Crippen LogP contribution in [0.5, 0.6) is 0 Å². The fourth-order valence-corrected chi connectivity index (χ4v) is 2.16. The lowest BCUT2D eigenvalue weighted by Gasteiger charge is -2.12. The normalized spacial score (nSPS) is 11.1. The van der Waals surface area contributed by atoms with E-state index in [-0.39, 0.29) is 0 Å². The minimum absolute atomic E-state index is 0.328. The molecule has 2 rings (SSSR count).